The molecule has 0 bridgehead atoms. The molecule has 1 amide bonds. The zero-order valence-corrected chi connectivity index (χ0v) is 12.9. The topological polar surface area (TPSA) is 84.6 Å². The van der Waals surface area contributed by atoms with E-state index in [0.29, 0.717) is 16.3 Å². The third-order valence-electron chi connectivity index (χ3n) is 2.59. The van der Waals surface area contributed by atoms with Crippen molar-refractivity contribution < 1.29 is 14.6 Å². The summed E-state index contributed by atoms with van der Waals surface area (Å²) >= 11 is 6.03. The summed E-state index contributed by atoms with van der Waals surface area (Å²) in [7, 11) is 0. The Labute approximate surface area is 124 Å². The number of aliphatic hydroxyl groups is 1. The van der Waals surface area contributed by atoms with E-state index in [0.717, 1.165) is 0 Å². The van der Waals surface area contributed by atoms with Crippen molar-refractivity contribution >= 4 is 23.4 Å². The lowest BCUT2D eigenvalue weighted by molar-refractivity contribution is 0.0636. The van der Waals surface area contributed by atoms with Crippen LogP contribution in [0.1, 0.15) is 33.3 Å². The van der Waals surface area contributed by atoms with Gasteiger partial charge in [-0.3, -0.25) is 5.32 Å². The van der Waals surface area contributed by atoms with Crippen LogP contribution in [-0.4, -0.2) is 23.4 Å². The van der Waals surface area contributed by atoms with Crippen molar-refractivity contribution in [3.8, 4) is 0 Å². The summed E-state index contributed by atoms with van der Waals surface area (Å²) in [6, 6.07) is 4.95. The Kier molecular flexibility index (Phi) is 5.02. The van der Waals surface area contributed by atoms with Crippen molar-refractivity contribution in [2.45, 2.75) is 38.8 Å². The standard InChI is InChI=1S/C14H21ClN2O3/c1-13(2,3)20-12(19)17-11-7-9(5-6-10(11)15)14(4,16)8-18/h5-7,18H,8,16H2,1-4H3,(H,17,19). The van der Waals surface area contributed by atoms with Crippen molar-refractivity contribution in [1.82, 2.24) is 0 Å². The van der Waals surface area contributed by atoms with Gasteiger partial charge in [-0.05, 0) is 45.4 Å². The number of amides is 1. The van der Waals surface area contributed by atoms with Gasteiger partial charge in [0.2, 0.25) is 0 Å². The number of aliphatic hydroxyl groups excluding tert-OH is 1. The highest BCUT2D eigenvalue weighted by Gasteiger charge is 2.22. The summed E-state index contributed by atoms with van der Waals surface area (Å²) in [6.45, 7) is 6.78. The Balaban J connectivity index is 2.96. The lowest BCUT2D eigenvalue weighted by Crippen LogP contribution is -2.37. The highest BCUT2D eigenvalue weighted by Crippen LogP contribution is 2.28. The molecule has 6 heteroatoms. The SMILES string of the molecule is CC(C)(C)OC(=O)Nc1cc(C(C)(N)CO)ccc1Cl. The predicted octanol–water partition coefficient (Wildman–Crippen LogP) is 2.85. The van der Waals surface area contributed by atoms with Crippen LogP contribution in [0.3, 0.4) is 0 Å². The molecule has 112 valence electrons. The van der Waals surface area contributed by atoms with E-state index in [4.69, 9.17) is 22.1 Å². The molecule has 1 aromatic rings. The number of nitrogens with two attached hydrogens (primary N) is 1. The van der Waals surface area contributed by atoms with E-state index in [-0.39, 0.29) is 6.61 Å². The molecule has 1 rings (SSSR count). The van der Waals surface area contributed by atoms with Crippen LogP contribution in [0.4, 0.5) is 10.5 Å². The van der Waals surface area contributed by atoms with Gasteiger partial charge in [0.1, 0.15) is 5.60 Å². The van der Waals surface area contributed by atoms with Gasteiger partial charge < -0.3 is 15.6 Å². The molecule has 0 heterocycles. The summed E-state index contributed by atoms with van der Waals surface area (Å²) in [5, 5.41) is 12.2. The van der Waals surface area contributed by atoms with Gasteiger partial charge in [0.25, 0.3) is 0 Å². The summed E-state index contributed by atoms with van der Waals surface area (Å²) in [5.74, 6) is 0. The minimum absolute atomic E-state index is 0.222. The molecule has 0 fully saturated rings. The maximum atomic E-state index is 11.7. The number of hydrogen-bond donors (Lipinski definition) is 3. The zero-order valence-electron chi connectivity index (χ0n) is 12.2. The maximum absolute atomic E-state index is 11.7. The van der Waals surface area contributed by atoms with Gasteiger partial charge in [0, 0.05) is 0 Å². The molecular weight excluding hydrogens is 280 g/mol. The minimum atomic E-state index is -0.908. The lowest BCUT2D eigenvalue weighted by atomic mass is 9.94. The fourth-order valence-electron chi connectivity index (χ4n) is 1.48. The maximum Gasteiger partial charge on any atom is 0.412 e. The lowest BCUT2D eigenvalue weighted by Gasteiger charge is -2.24. The van der Waals surface area contributed by atoms with Crippen molar-refractivity contribution in [2.24, 2.45) is 5.73 Å². The van der Waals surface area contributed by atoms with E-state index in [1.807, 2.05) is 0 Å². The molecule has 0 saturated carbocycles. The van der Waals surface area contributed by atoms with Gasteiger partial charge in [-0.2, -0.15) is 0 Å². The summed E-state index contributed by atoms with van der Waals surface area (Å²) < 4.78 is 5.16. The summed E-state index contributed by atoms with van der Waals surface area (Å²) in [5.41, 5.74) is 5.50. The van der Waals surface area contributed by atoms with Crippen molar-refractivity contribution in [1.29, 1.82) is 0 Å². The summed E-state index contributed by atoms with van der Waals surface area (Å²) in [6.07, 6.45) is -0.598. The number of hydrogen-bond acceptors (Lipinski definition) is 4. The van der Waals surface area contributed by atoms with Crippen LogP contribution in [0.25, 0.3) is 0 Å². The fourth-order valence-corrected chi connectivity index (χ4v) is 1.65. The quantitative estimate of drug-likeness (QED) is 0.801. The fraction of sp³-hybridized carbons (Fsp3) is 0.500. The van der Waals surface area contributed by atoms with E-state index < -0.39 is 17.2 Å². The van der Waals surface area contributed by atoms with E-state index in [1.54, 1.807) is 45.9 Å². The molecule has 20 heavy (non-hydrogen) atoms. The van der Waals surface area contributed by atoms with Gasteiger partial charge in [0.15, 0.2) is 0 Å². The molecule has 0 spiro atoms. The highest BCUT2D eigenvalue weighted by molar-refractivity contribution is 6.33. The van der Waals surface area contributed by atoms with Crippen molar-refractivity contribution in [2.75, 3.05) is 11.9 Å². The van der Waals surface area contributed by atoms with Crippen molar-refractivity contribution in [3.05, 3.63) is 28.8 Å². The molecule has 1 unspecified atom stereocenters. The first-order valence-electron chi connectivity index (χ1n) is 6.25. The number of carbonyl (C=O) groups excluding carboxylic acids is 1. The number of halogens is 1. The number of anilines is 1. The van der Waals surface area contributed by atoms with Gasteiger partial charge in [-0.25, -0.2) is 4.79 Å². The van der Waals surface area contributed by atoms with E-state index in [2.05, 4.69) is 5.32 Å². The normalized spacial score (nSPS) is 14.6. The molecule has 1 aromatic carbocycles. The number of nitrogens with one attached hydrogen (secondary N) is 1. The Hall–Kier alpha value is -1.30. The Morgan fingerprint density at radius 2 is 2.00 bits per heavy atom. The Morgan fingerprint density at radius 1 is 1.40 bits per heavy atom. The van der Waals surface area contributed by atoms with Crippen LogP contribution in [0.15, 0.2) is 18.2 Å². The van der Waals surface area contributed by atoms with Crippen LogP contribution in [0, 0.1) is 0 Å². The van der Waals surface area contributed by atoms with Crippen LogP contribution in [0.5, 0.6) is 0 Å². The third-order valence-corrected chi connectivity index (χ3v) is 2.92. The monoisotopic (exact) mass is 300 g/mol. The predicted molar refractivity (Wildman–Crippen MR) is 79.9 cm³/mol. The second kappa shape index (κ2) is 5.99. The van der Waals surface area contributed by atoms with E-state index in [9.17, 15) is 9.90 Å². The second-order valence-corrected chi connectivity index (χ2v) is 6.30. The first-order chi connectivity index (χ1) is 9.05. The number of ether oxygens (including phenoxy) is 1. The van der Waals surface area contributed by atoms with E-state index >= 15 is 0 Å². The van der Waals surface area contributed by atoms with Crippen LogP contribution in [-0.2, 0) is 10.3 Å². The molecule has 0 aliphatic rings. The van der Waals surface area contributed by atoms with Gasteiger partial charge in [0.05, 0.1) is 22.9 Å². The molecule has 4 N–H and O–H groups in total. The average molecular weight is 301 g/mol. The van der Waals surface area contributed by atoms with E-state index in [1.165, 1.54) is 0 Å². The van der Waals surface area contributed by atoms with Crippen LogP contribution >= 0.6 is 11.6 Å². The Bertz CT molecular complexity index is 496. The van der Waals surface area contributed by atoms with Gasteiger partial charge in [-0.15, -0.1) is 0 Å². The van der Waals surface area contributed by atoms with Gasteiger partial charge >= 0.3 is 6.09 Å². The van der Waals surface area contributed by atoms with Crippen LogP contribution < -0.4 is 11.1 Å². The average Bonchev–Trinajstić information content (AvgIpc) is 2.29. The smallest absolute Gasteiger partial charge is 0.412 e. The molecule has 0 saturated heterocycles. The third kappa shape index (κ3) is 4.67. The molecule has 1 atom stereocenters. The van der Waals surface area contributed by atoms with Crippen molar-refractivity contribution in [3.63, 3.8) is 0 Å². The molecule has 0 aliphatic carbocycles. The molecule has 0 aliphatic heterocycles. The number of rotatable bonds is 3. The number of carbonyl (C=O) groups is 1. The molecular formula is C14H21ClN2O3. The number of benzene rings is 1. The zero-order chi connectivity index (χ0) is 15.6. The van der Waals surface area contributed by atoms with Crippen LogP contribution in [0.2, 0.25) is 5.02 Å². The minimum Gasteiger partial charge on any atom is -0.444 e. The highest BCUT2D eigenvalue weighted by atomic mass is 35.5. The first-order valence-corrected chi connectivity index (χ1v) is 6.63. The largest absolute Gasteiger partial charge is 0.444 e. The molecule has 0 radical (unpaired) electrons. The summed E-state index contributed by atoms with van der Waals surface area (Å²) in [4.78, 5) is 11.7. The molecule has 5 nitrogen and oxygen atoms in total. The molecule has 0 aromatic heterocycles. The van der Waals surface area contributed by atoms with Gasteiger partial charge in [-0.1, -0.05) is 17.7 Å². The first kappa shape index (κ1) is 16.8. The second-order valence-electron chi connectivity index (χ2n) is 5.90. The Morgan fingerprint density at radius 3 is 2.50 bits per heavy atom.